The molecule has 1 aromatic carbocycles. The van der Waals surface area contributed by atoms with Crippen LogP contribution in [0.4, 0.5) is 0 Å². The molecule has 0 radical (unpaired) electrons. The Morgan fingerprint density at radius 2 is 2.08 bits per heavy atom. The zero-order valence-corrected chi connectivity index (χ0v) is 18.0. The van der Waals surface area contributed by atoms with Gasteiger partial charge in [0.05, 0.1) is 6.61 Å². The van der Waals surface area contributed by atoms with Gasteiger partial charge in [-0.25, -0.2) is 0 Å². The molecular weight excluding hydrogens is 413 g/mol. The van der Waals surface area contributed by atoms with Crippen molar-refractivity contribution in [1.29, 1.82) is 0 Å². The molecule has 4 nitrogen and oxygen atoms in total. The molecule has 2 rings (SSSR count). The Labute approximate surface area is 164 Å². The van der Waals surface area contributed by atoms with Gasteiger partial charge in [-0.15, -0.1) is 24.0 Å². The summed E-state index contributed by atoms with van der Waals surface area (Å²) >= 11 is 0. The molecule has 0 aromatic heterocycles. The van der Waals surface area contributed by atoms with E-state index in [0.29, 0.717) is 5.92 Å². The van der Waals surface area contributed by atoms with Gasteiger partial charge in [0, 0.05) is 45.1 Å². The van der Waals surface area contributed by atoms with Gasteiger partial charge in [0.15, 0.2) is 5.96 Å². The lowest BCUT2D eigenvalue weighted by atomic mass is 9.82. The SMILES string of the molecule is CN=C(NCC(C)(C)c1ccccc1C)N(C)CC1CCOC1.I. The van der Waals surface area contributed by atoms with E-state index in [1.54, 1.807) is 0 Å². The molecule has 5 heteroatoms. The predicted molar refractivity (Wildman–Crippen MR) is 113 cm³/mol. The van der Waals surface area contributed by atoms with Gasteiger partial charge in [0.25, 0.3) is 0 Å². The lowest BCUT2D eigenvalue weighted by Gasteiger charge is -2.31. The first-order valence-corrected chi connectivity index (χ1v) is 8.49. The van der Waals surface area contributed by atoms with Crippen LogP contribution in [0.2, 0.25) is 0 Å². The van der Waals surface area contributed by atoms with E-state index in [1.807, 2.05) is 7.05 Å². The lowest BCUT2D eigenvalue weighted by Crippen LogP contribution is -2.45. The summed E-state index contributed by atoms with van der Waals surface area (Å²) in [4.78, 5) is 6.66. The quantitative estimate of drug-likeness (QED) is 0.429. The molecule has 1 aromatic rings. The number of hydrogen-bond donors (Lipinski definition) is 1. The number of hydrogen-bond acceptors (Lipinski definition) is 2. The van der Waals surface area contributed by atoms with Crippen LogP contribution in [0, 0.1) is 12.8 Å². The van der Waals surface area contributed by atoms with Crippen LogP contribution in [0.5, 0.6) is 0 Å². The predicted octanol–water partition coefficient (Wildman–Crippen LogP) is 3.43. The van der Waals surface area contributed by atoms with E-state index in [4.69, 9.17) is 4.74 Å². The molecule has 1 aliphatic rings. The standard InChI is InChI=1S/C19H31N3O.HI/c1-15-8-6-7-9-17(15)19(2,3)14-21-18(20-4)22(5)12-16-10-11-23-13-16;/h6-9,16H,10-14H2,1-5H3,(H,20,21);1H. The van der Waals surface area contributed by atoms with Gasteiger partial charge >= 0.3 is 0 Å². The molecule has 0 saturated carbocycles. The second-order valence-electron chi connectivity index (χ2n) is 7.21. The van der Waals surface area contributed by atoms with Crippen LogP contribution in [0.15, 0.2) is 29.3 Å². The first-order valence-electron chi connectivity index (χ1n) is 8.49. The van der Waals surface area contributed by atoms with Crippen molar-refractivity contribution in [1.82, 2.24) is 10.2 Å². The van der Waals surface area contributed by atoms with E-state index in [1.165, 1.54) is 11.1 Å². The molecule has 136 valence electrons. The van der Waals surface area contributed by atoms with E-state index < -0.39 is 0 Å². The molecular formula is C19H32IN3O. The average molecular weight is 445 g/mol. The van der Waals surface area contributed by atoms with Gasteiger partial charge < -0.3 is 15.0 Å². The van der Waals surface area contributed by atoms with Crippen LogP contribution in [0.25, 0.3) is 0 Å². The minimum atomic E-state index is 0. The van der Waals surface area contributed by atoms with Crippen LogP contribution in [0.3, 0.4) is 0 Å². The van der Waals surface area contributed by atoms with Crippen molar-refractivity contribution in [2.24, 2.45) is 10.9 Å². The Bertz CT molecular complexity index is 539. The van der Waals surface area contributed by atoms with E-state index in [0.717, 1.165) is 38.7 Å². The molecule has 1 unspecified atom stereocenters. The highest BCUT2D eigenvalue weighted by molar-refractivity contribution is 14.0. The van der Waals surface area contributed by atoms with E-state index >= 15 is 0 Å². The number of benzene rings is 1. The van der Waals surface area contributed by atoms with Gasteiger partial charge in [-0.1, -0.05) is 38.1 Å². The van der Waals surface area contributed by atoms with Gasteiger partial charge in [0.1, 0.15) is 0 Å². The minimum absolute atomic E-state index is 0. The maximum atomic E-state index is 5.47. The first kappa shape index (κ1) is 21.2. The van der Waals surface area contributed by atoms with Crippen LogP contribution in [-0.4, -0.2) is 51.3 Å². The molecule has 1 atom stereocenters. The Morgan fingerprint density at radius 3 is 2.67 bits per heavy atom. The molecule has 1 fully saturated rings. The number of nitrogens with zero attached hydrogens (tertiary/aromatic N) is 2. The summed E-state index contributed by atoms with van der Waals surface area (Å²) in [7, 11) is 3.96. The normalized spacial score (nSPS) is 18.2. The van der Waals surface area contributed by atoms with Crippen molar-refractivity contribution in [2.75, 3.05) is 40.4 Å². The second kappa shape index (κ2) is 9.61. The van der Waals surface area contributed by atoms with Gasteiger partial charge in [-0.3, -0.25) is 4.99 Å². The Hall–Kier alpha value is -0.820. The summed E-state index contributed by atoms with van der Waals surface area (Å²) in [6, 6.07) is 8.61. The highest BCUT2D eigenvalue weighted by Crippen LogP contribution is 2.25. The fourth-order valence-electron chi connectivity index (χ4n) is 3.31. The molecule has 1 heterocycles. The Balaban J connectivity index is 0.00000288. The van der Waals surface area contributed by atoms with Crippen LogP contribution in [0.1, 0.15) is 31.4 Å². The van der Waals surface area contributed by atoms with Gasteiger partial charge in [-0.2, -0.15) is 0 Å². The summed E-state index contributed by atoms with van der Waals surface area (Å²) in [5.74, 6) is 1.57. The summed E-state index contributed by atoms with van der Waals surface area (Å²) in [6.07, 6.45) is 1.15. The topological polar surface area (TPSA) is 36.9 Å². The second-order valence-corrected chi connectivity index (χ2v) is 7.21. The fraction of sp³-hybridized carbons (Fsp3) is 0.632. The first-order chi connectivity index (χ1) is 10.9. The summed E-state index contributed by atoms with van der Waals surface area (Å²) in [6.45, 7) is 10.3. The van der Waals surface area contributed by atoms with Gasteiger partial charge in [-0.05, 0) is 24.5 Å². The van der Waals surface area contributed by atoms with Crippen molar-refractivity contribution < 1.29 is 4.74 Å². The maximum Gasteiger partial charge on any atom is 0.193 e. The Kier molecular flexibility index (Phi) is 8.50. The number of rotatable bonds is 5. The molecule has 1 saturated heterocycles. The van der Waals surface area contributed by atoms with Gasteiger partial charge in [0.2, 0.25) is 0 Å². The third kappa shape index (κ3) is 5.62. The van der Waals surface area contributed by atoms with Crippen LogP contribution in [-0.2, 0) is 10.2 Å². The molecule has 0 spiro atoms. The monoisotopic (exact) mass is 445 g/mol. The van der Waals surface area contributed by atoms with Crippen molar-refractivity contribution >= 4 is 29.9 Å². The van der Waals surface area contributed by atoms with Crippen molar-refractivity contribution in [3.63, 3.8) is 0 Å². The van der Waals surface area contributed by atoms with Crippen molar-refractivity contribution in [2.45, 2.75) is 32.6 Å². The third-order valence-electron chi connectivity index (χ3n) is 4.69. The minimum Gasteiger partial charge on any atom is -0.381 e. The number of aliphatic imine (C=N–C) groups is 1. The average Bonchev–Trinajstić information content (AvgIpc) is 3.01. The van der Waals surface area contributed by atoms with Crippen molar-refractivity contribution in [3.8, 4) is 0 Å². The van der Waals surface area contributed by atoms with E-state index in [9.17, 15) is 0 Å². The van der Waals surface area contributed by atoms with E-state index in [-0.39, 0.29) is 29.4 Å². The number of nitrogens with one attached hydrogen (secondary N) is 1. The maximum absolute atomic E-state index is 5.47. The number of aryl methyl sites for hydroxylation is 1. The third-order valence-corrected chi connectivity index (χ3v) is 4.69. The fourth-order valence-corrected chi connectivity index (χ4v) is 3.31. The molecule has 0 bridgehead atoms. The van der Waals surface area contributed by atoms with Crippen LogP contribution < -0.4 is 5.32 Å². The highest BCUT2D eigenvalue weighted by atomic mass is 127. The zero-order chi connectivity index (χ0) is 16.9. The molecule has 1 aliphatic heterocycles. The largest absolute Gasteiger partial charge is 0.381 e. The van der Waals surface area contributed by atoms with Crippen LogP contribution >= 0.6 is 24.0 Å². The number of halogens is 1. The summed E-state index contributed by atoms with van der Waals surface area (Å²) in [5.41, 5.74) is 2.78. The van der Waals surface area contributed by atoms with E-state index in [2.05, 4.69) is 67.3 Å². The van der Waals surface area contributed by atoms with Crippen molar-refractivity contribution in [3.05, 3.63) is 35.4 Å². The number of guanidine groups is 1. The highest BCUT2D eigenvalue weighted by Gasteiger charge is 2.24. The lowest BCUT2D eigenvalue weighted by molar-refractivity contribution is 0.181. The zero-order valence-electron chi connectivity index (χ0n) is 15.6. The number of ether oxygens (including phenoxy) is 1. The molecule has 1 N–H and O–H groups in total. The molecule has 0 aliphatic carbocycles. The summed E-state index contributed by atoms with van der Waals surface area (Å²) < 4.78 is 5.47. The molecule has 24 heavy (non-hydrogen) atoms. The Morgan fingerprint density at radius 1 is 1.38 bits per heavy atom. The smallest absolute Gasteiger partial charge is 0.193 e. The summed E-state index contributed by atoms with van der Waals surface area (Å²) in [5, 5.41) is 3.54. The molecule has 0 amide bonds.